The molecule has 2 unspecified atom stereocenters. The number of aliphatic imine (C=N–C) groups is 1. The monoisotopic (exact) mass is 513 g/mol. The minimum absolute atomic E-state index is 0. The first-order chi connectivity index (χ1) is 13.5. The van der Waals surface area contributed by atoms with Gasteiger partial charge >= 0.3 is 0 Å². The fourth-order valence-corrected chi connectivity index (χ4v) is 3.21. The van der Waals surface area contributed by atoms with Crippen LogP contribution in [0.5, 0.6) is 0 Å². The van der Waals surface area contributed by atoms with E-state index < -0.39 is 0 Å². The first-order valence-electron chi connectivity index (χ1n) is 9.97. The number of morpholine rings is 1. The van der Waals surface area contributed by atoms with Crippen molar-refractivity contribution in [3.05, 3.63) is 47.5 Å². The van der Waals surface area contributed by atoms with Gasteiger partial charge < -0.3 is 24.7 Å². The molecule has 2 atom stereocenters. The van der Waals surface area contributed by atoms with Gasteiger partial charge in [-0.2, -0.15) is 0 Å². The summed E-state index contributed by atoms with van der Waals surface area (Å²) in [5, 5.41) is 6.70. The summed E-state index contributed by atoms with van der Waals surface area (Å²) in [5.74, 6) is 3.56. The first-order valence-corrected chi connectivity index (χ1v) is 9.97. The molecular weight excluding hydrogens is 481 g/mol. The van der Waals surface area contributed by atoms with E-state index in [1.165, 1.54) is 0 Å². The molecule has 7 nitrogen and oxygen atoms in total. The Bertz CT molecular complexity index is 795. The van der Waals surface area contributed by atoms with E-state index in [-0.39, 0.29) is 36.1 Å². The number of nitrogens with zero attached hydrogens (tertiary/aromatic N) is 3. The normalized spacial score (nSPS) is 18.1. The highest BCUT2D eigenvalue weighted by molar-refractivity contribution is 14.0. The van der Waals surface area contributed by atoms with Gasteiger partial charge in [-0.3, -0.25) is 0 Å². The van der Waals surface area contributed by atoms with Gasteiger partial charge in [0.05, 0.1) is 25.3 Å². The van der Waals surface area contributed by atoms with Crippen molar-refractivity contribution in [1.82, 2.24) is 15.6 Å². The fraction of sp³-hybridized carbons (Fsp3) is 0.524. The third-order valence-electron chi connectivity index (χ3n) is 4.68. The molecule has 3 heterocycles. The number of aromatic nitrogens is 1. The molecule has 160 valence electrons. The molecule has 29 heavy (non-hydrogen) atoms. The molecule has 1 fully saturated rings. The second-order valence-corrected chi connectivity index (χ2v) is 7.16. The van der Waals surface area contributed by atoms with Crippen LogP contribution in [0.2, 0.25) is 0 Å². The van der Waals surface area contributed by atoms with Gasteiger partial charge in [0, 0.05) is 25.8 Å². The summed E-state index contributed by atoms with van der Waals surface area (Å²) in [5.41, 5.74) is 1.13. The van der Waals surface area contributed by atoms with Crippen LogP contribution in [-0.4, -0.2) is 43.3 Å². The van der Waals surface area contributed by atoms with Crippen LogP contribution in [0, 0.1) is 6.92 Å². The van der Waals surface area contributed by atoms with Crippen molar-refractivity contribution in [1.29, 1.82) is 0 Å². The van der Waals surface area contributed by atoms with Crippen LogP contribution in [0.1, 0.15) is 43.9 Å². The molecule has 1 aliphatic rings. The Hall–Kier alpha value is -1.81. The Labute approximate surface area is 190 Å². The molecule has 0 saturated carbocycles. The van der Waals surface area contributed by atoms with Gasteiger partial charge in [-0.15, -0.1) is 24.0 Å². The Kier molecular flexibility index (Phi) is 9.22. The average Bonchev–Trinajstić information content (AvgIpc) is 3.13. The van der Waals surface area contributed by atoms with Gasteiger partial charge in [-0.05, 0) is 57.5 Å². The van der Waals surface area contributed by atoms with Gasteiger partial charge in [0.2, 0.25) is 0 Å². The molecule has 2 aromatic rings. The van der Waals surface area contributed by atoms with E-state index in [9.17, 15) is 0 Å². The Morgan fingerprint density at radius 1 is 1.38 bits per heavy atom. The summed E-state index contributed by atoms with van der Waals surface area (Å²) in [4.78, 5) is 11.5. The second-order valence-electron chi connectivity index (χ2n) is 7.16. The lowest BCUT2D eigenvalue weighted by molar-refractivity contribution is 0.0529. The Balaban J connectivity index is 0.00000300. The molecule has 2 N–H and O–H groups in total. The maximum absolute atomic E-state index is 5.71. The van der Waals surface area contributed by atoms with E-state index in [2.05, 4.69) is 47.4 Å². The predicted molar refractivity (Wildman–Crippen MR) is 127 cm³/mol. The summed E-state index contributed by atoms with van der Waals surface area (Å²) >= 11 is 0. The van der Waals surface area contributed by atoms with Crippen molar-refractivity contribution in [3.63, 3.8) is 0 Å². The number of guanidine groups is 1. The minimum Gasteiger partial charge on any atom is -0.464 e. The van der Waals surface area contributed by atoms with Crippen molar-refractivity contribution >= 4 is 35.8 Å². The van der Waals surface area contributed by atoms with Gasteiger partial charge in [-0.25, -0.2) is 9.98 Å². The van der Waals surface area contributed by atoms with Gasteiger partial charge in [-0.1, -0.05) is 0 Å². The highest BCUT2D eigenvalue weighted by Gasteiger charge is 2.18. The smallest absolute Gasteiger partial charge is 0.192 e. The van der Waals surface area contributed by atoms with Crippen molar-refractivity contribution in [2.24, 2.45) is 4.99 Å². The molecule has 0 radical (unpaired) electrons. The molecule has 0 aromatic carbocycles. The van der Waals surface area contributed by atoms with E-state index >= 15 is 0 Å². The number of pyridine rings is 1. The summed E-state index contributed by atoms with van der Waals surface area (Å²) in [6, 6.07) is 8.14. The van der Waals surface area contributed by atoms with E-state index in [0.29, 0.717) is 6.54 Å². The summed E-state index contributed by atoms with van der Waals surface area (Å²) < 4.78 is 11.3. The number of aryl methyl sites for hydroxylation is 1. The largest absolute Gasteiger partial charge is 0.464 e. The van der Waals surface area contributed by atoms with Crippen LogP contribution in [0.4, 0.5) is 5.82 Å². The number of ether oxygens (including phenoxy) is 1. The van der Waals surface area contributed by atoms with Crippen LogP contribution in [-0.2, 0) is 11.3 Å². The summed E-state index contributed by atoms with van der Waals surface area (Å²) in [6.45, 7) is 12.0. The highest BCUT2D eigenvalue weighted by Crippen LogP contribution is 2.18. The van der Waals surface area contributed by atoms with Crippen LogP contribution in [0.25, 0.3) is 0 Å². The molecule has 8 heteroatoms. The van der Waals surface area contributed by atoms with Gasteiger partial charge in [0.1, 0.15) is 17.3 Å². The van der Waals surface area contributed by atoms with E-state index in [4.69, 9.17) is 14.1 Å². The third-order valence-corrected chi connectivity index (χ3v) is 4.68. The zero-order valence-corrected chi connectivity index (χ0v) is 20.0. The fourth-order valence-electron chi connectivity index (χ4n) is 3.21. The average molecular weight is 513 g/mol. The number of hydrogen-bond donors (Lipinski definition) is 2. The topological polar surface area (TPSA) is 74.9 Å². The number of anilines is 1. The highest BCUT2D eigenvalue weighted by atomic mass is 127. The number of rotatable bonds is 6. The molecule has 1 aliphatic heterocycles. The molecule has 0 spiro atoms. The number of hydrogen-bond acceptors (Lipinski definition) is 5. The first kappa shape index (κ1) is 23.5. The van der Waals surface area contributed by atoms with Crippen molar-refractivity contribution in [3.8, 4) is 0 Å². The molecule has 0 amide bonds. The second kappa shape index (κ2) is 11.4. The van der Waals surface area contributed by atoms with Crippen LogP contribution in [0.3, 0.4) is 0 Å². The van der Waals surface area contributed by atoms with Gasteiger partial charge in [0.15, 0.2) is 5.96 Å². The van der Waals surface area contributed by atoms with Gasteiger partial charge in [0.25, 0.3) is 0 Å². The van der Waals surface area contributed by atoms with Crippen LogP contribution >= 0.6 is 24.0 Å². The number of nitrogens with one attached hydrogen (secondary N) is 2. The maximum atomic E-state index is 5.71. The lowest BCUT2D eigenvalue weighted by atomic mass is 10.2. The van der Waals surface area contributed by atoms with Crippen LogP contribution < -0.4 is 15.5 Å². The summed E-state index contributed by atoms with van der Waals surface area (Å²) in [7, 11) is 0. The van der Waals surface area contributed by atoms with E-state index in [1.54, 1.807) is 0 Å². The van der Waals surface area contributed by atoms with E-state index in [1.807, 2.05) is 31.3 Å². The molecule has 3 rings (SSSR count). The lowest BCUT2D eigenvalue weighted by Gasteiger charge is -2.32. The quantitative estimate of drug-likeness (QED) is 0.349. The van der Waals surface area contributed by atoms with Crippen molar-refractivity contribution < 1.29 is 9.15 Å². The molecule has 1 saturated heterocycles. The molecule has 0 bridgehead atoms. The zero-order chi connectivity index (χ0) is 19.9. The number of furan rings is 1. The number of halogens is 1. The predicted octanol–water partition coefficient (Wildman–Crippen LogP) is 3.64. The van der Waals surface area contributed by atoms with E-state index in [0.717, 1.165) is 55.1 Å². The Morgan fingerprint density at radius 2 is 2.21 bits per heavy atom. The molecule has 2 aromatic heterocycles. The third kappa shape index (κ3) is 6.88. The van der Waals surface area contributed by atoms with Crippen molar-refractivity contribution in [2.45, 2.75) is 46.4 Å². The SMILES string of the molecule is CCNC(=NCc1ccnc(N2CCOC(C)C2)c1)NC(C)c1ccc(C)o1.I. The van der Waals surface area contributed by atoms with Crippen molar-refractivity contribution in [2.75, 3.05) is 31.1 Å². The molecule has 0 aliphatic carbocycles. The lowest BCUT2D eigenvalue weighted by Crippen LogP contribution is -2.41. The maximum Gasteiger partial charge on any atom is 0.192 e. The summed E-state index contributed by atoms with van der Waals surface area (Å²) in [6.07, 6.45) is 2.09. The standard InChI is InChI=1S/C21H31N5O2.HI/c1-5-22-21(25-17(4)19-7-6-15(2)28-19)24-13-18-8-9-23-20(12-18)26-10-11-27-16(3)14-26;/h6-9,12,16-17H,5,10-11,13-14H2,1-4H3,(H2,22,24,25);1H. The minimum atomic E-state index is 0. The Morgan fingerprint density at radius 3 is 2.90 bits per heavy atom. The molecular formula is C21H32IN5O2. The zero-order valence-electron chi connectivity index (χ0n) is 17.6. The van der Waals surface area contributed by atoms with Crippen LogP contribution in [0.15, 0.2) is 39.9 Å².